The number of esters is 1. The number of carbonyl (C=O) groups is 2. The number of H-pyrrole nitrogens is 1. The van der Waals surface area contributed by atoms with Gasteiger partial charge in [-0.3, -0.25) is 14.5 Å². The molecule has 0 radical (unpaired) electrons. The molecule has 41 heavy (non-hydrogen) atoms. The Hall–Kier alpha value is -4.09. The average molecular weight is 579 g/mol. The van der Waals surface area contributed by atoms with E-state index in [9.17, 15) is 9.59 Å². The van der Waals surface area contributed by atoms with Crippen molar-refractivity contribution >= 4 is 23.5 Å². The molecule has 1 amide bonds. The van der Waals surface area contributed by atoms with Crippen LogP contribution in [-0.4, -0.2) is 67.1 Å². The molecule has 12 heteroatoms. The van der Waals surface area contributed by atoms with Crippen molar-refractivity contribution in [2.45, 2.75) is 58.2 Å². The maximum absolute atomic E-state index is 12.9. The Bertz CT molecular complexity index is 1450. The summed E-state index contributed by atoms with van der Waals surface area (Å²) in [7, 11) is 3.52. The molecule has 1 atom stereocenters. The number of aromatic amines is 1. The highest BCUT2D eigenvalue weighted by Gasteiger charge is 2.25. The van der Waals surface area contributed by atoms with Gasteiger partial charge in [0.05, 0.1) is 5.69 Å². The maximum Gasteiger partial charge on any atom is 0.323 e. The van der Waals surface area contributed by atoms with Gasteiger partial charge in [0, 0.05) is 24.9 Å². The van der Waals surface area contributed by atoms with Gasteiger partial charge in [-0.2, -0.15) is 5.21 Å². The first kappa shape index (κ1) is 29.9. The lowest BCUT2D eigenvalue weighted by Crippen LogP contribution is -2.38. The highest BCUT2D eigenvalue weighted by molar-refractivity contribution is 6.30. The SMILES string of the molecule is CCCCc1nc(Cl)c(COC(=O)C(CCC(N)=O)N(C)C)n1Cc1ccc(-c2ccccc2-c2nn[nH]n2)cc1. The van der Waals surface area contributed by atoms with Gasteiger partial charge >= 0.3 is 5.97 Å². The summed E-state index contributed by atoms with van der Waals surface area (Å²) in [4.78, 5) is 30.5. The predicted molar refractivity (Wildman–Crippen MR) is 156 cm³/mol. The number of hydrogen-bond donors (Lipinski definition) is 2. The number of imidazole rings is 1. The molecule has 2 heterocycles. The van der Waals surface area contributed by atoms with Gasteiger partial charge in [-0.25, -0.2) is 4.98 Å². The molecule has 2 aromatic carbocycles. The van der Waals surface area contributed by atoms with E-state index in [1.807, 2.05) is 28.8 Å². The number of nitrogens with one attached hydrogen (secondary N) is 1. The molecule has 0 fully saturated rings. The first-order valence-electron chi connectivity index (χ1n) is 13.6. The van der Waals surface area contributed by atoms with Gasteiger partial charge in [0.15, 0.2) is 5.15 Å². The lowest BCUT2D eigenvalue weighted by atomic mass is 9.98. The number of tetrazole rings is 1. The van der Waals surface area contributed by atoms with Gasteiger partial charge in [0.1, 0.15) is 18.5 Å². The van der Waals surface area contributed by atoms with Crippen LogP contribution in [0.3, 0.4) is 0 Å². The molecule has 0 saturated carbocycles. The Labute approximate surface area is 244 Å². The van der Waals surface area contributed by atoms with Crippen molar-refractivity contribution in [1.82, 2.24) is 35.1 Å². The quantitative estimate of drug-likeness (QED) is 0.213. The third-order valence-electron chi connectivity index (χ3n) is 6.89. The van der Waals surface area contributed by atoms with Crippen molar-refractivity contribution in [2.24, 2.45) is 5.73 Å². The van der Waals surface area contributed by atoms with Crippen LogP contribution in [0.5, 0.6) is 0 Å². The van der Waals surface area contributed by atoms with Crippen LogP contribution in [-0.2, 0) is 33.9 Å². The van der Waals surface area contributed by atoms with Gasteiger partial charge < -0.3 is 15.0 Å². The minimum absolute atomic E-state index is 0.0339. The number of nitrogens with zero attached hydrogens (tertiary/aromatic N) is 6. The number of aryl methyl sites for hydroxylation is 1. The summed E-state index contributed by atoms with van der Waals surface area (Å²) in [6.07, 6.45) is 3.08. The zero-order valence-corrected chi connectivity index (χ0v) is 24.3. The molecule has 2 aromatic heterocycles. The van der Waals surface area contributed by atoms with Crippen LogP contribution in [0, 0.1) is 0 Å². The maximum atomic E-state index is 12.9. The molecular weight excluding hydrogens is 544 g/mol. The summed E-state index contributed by atoms with van der Waals surface area (Å²) >= 11 is 6.58. The molecule has 0 bridgehead atoms. The topological polar surface area (TPSA) is 145 Å². The molecular formula is C29H35ClN8O3. The Morgan fingerprint density at radius 1 is 1.12 bits per heavy atom. The molecule has 11 nitrogen and oxygen atoms in total. The predicted octanol–water partition coefficient (Wildman–Crippen LogP) is 4.01. The van der Waals surface area contributed by atoms with Crippen molar-refractivity contribution in [3.8, 4) is 22.5 Å². The summed E-state index contributed by atoms with van der Waals surface area (Å²) in [5.74, 6) is 0.464. The van der Waals surface area contributed by atoms with Crippen molar-refractivity contribution in [2.75, 3.05) is 14.1 Å². The molecule has 1 unspecified atom stereocenters. The van der Waals surface area contributed by atoms with Crippen LogP contribution in [0.4, 0.5) is 0 Å². The summed E-state index contributed by atoms with van der Waals surface area (Å²) in [5.41, 5.74) is 9.85. The Balaban J connectivity index is 1.56. The first-order chi connectivity index (χ1) is 19.8. The fraction of sp³-hybridized carbons (Fsp3) is 0.379. The third kappa shape index (κ3) is 7.56. The lowest BCUT2D eigenvalue weighted by molar-refractivity contribution is -0.151. The number of halogens is 1. The number of benzene rings is 2. The van der Waals surface area contributed by atoms with Gasteiger partial charge in [-0.05, 0) is 48.8 Å². The zero-order chi connectivity index (χ0) is 29.4. The molecule has 3 N–H and O–H groups in total. The van der Waals surface area contributed by atoms with E-state index >= 15 is 0 Å². The second-order valence-electron chi connectivity index (χ2n) is 10.0. The average Bonchev–Trinajstić information content (AvgIpc) is 3.59. The van der Waals surface area contributed by atoms with E-state index in [0.717, 1.165) is 47.3 Å². The minimum atomic E-state index is -0.597. The summed E-state index contributed by atoms with van der Waals surface area (Å²) in [6, 6.07) is 15.5. The van der Waals surface area contributed by atoms with Gasteiger partial charge in [-0.15, -0.1) is 10.2 Å². The molecule has 216 valence electrons. The smallest absolute Gasteiger partial charge is 0.323 e. The van der Waals surface area contributed by atoms with Crippen LogP contribution in [0.2, 0.25) is 5.15 Å². The lowest BCUT2D eigenvalue weighted by Gasteiger charge is -2.22. The number of aromatic nitrogens is 6. The minimum Gasteiger partial charge on any atom is -0.458 e. The summed E-state index contributed by atoms with van der Waals surface area (Å²) < 4.78 is 7.72. The van der Waals surface area contributed by atoms with Gasteiger partial charge in [0.25, 0.3) is 0 Å². The number of likely N-dealkylation sites (N-methyl/N-ethyl adjacent to an activating group) is 1. The van der Waals surface area contributed by atoms with Crippen molar-refractivity contribution < 1.29 is 14.3 Å². The molecule has 0 spiro atoms. The van der Waals surface area contributed by atoms with Gasteiger partial charge in [-0.1, -0.05) is 73.5 Å². The van der Waals surface area contributed by atoms with Crippen LogP contribution in [0.15, 0.2) is 48.5 Å². The van der Waals surface area contributed by atoms with Crippen LogP contribution in [0.25, 0.3) is 22.5 Å². The van der Waals surface area contributed by atoms with Crippen LogP contribution in [0.1, 0.15) is 49.7 Å². The standard InChI is InChI=1S/C29H35ClN8O3/c1-4-5-10-26-32-27(30)24(18-41-29(40)23(37(2)3)15-16-25(31)39)38(26)17-19-11-13-20(14-12-19)21-8-6-7-9-22(21)28-33-35-36-34-28/h6-9,11-14,23H,4-5,10,15-18H2,1-3H3,(H2,31,39)(H,33,34,35,36). The number of ether oxygens (including phenoxy) is 1. The molecule has 0 aliphatic carbocycles. The Morgan fingerprint density at radius 2 is 1.85 bits per heavy atom. The molecule has 4 rings (SSSR count). The van der Waals surface area contributed by atoms with Crippen molar-refractivity contribution in [3.05, 3.63) is 70.8 Å². The monoisotopic (exact) mass is 578 g/mol. The molecule has 4 aromatic rings. The molecule has 0 aliphatic heterocycles. The first-order valence-corrected chi connectivity index (χ1v) is 13.9. The van der Waals surface area contributed by atoms with Crippen molar-refractivity contribution in [1.29, 1.82) is 0 Å². The zero-order valence-electron chi connectivity index (χ0n) is 23.5. The molecule has 0 saturated heterocycles. The normalized spacial score (nSPS) is 12.0. The number of amides is 1. The van der Waals surface area contributed by atoms with Crippen molar-refractivity contribution in [3.63, 3.8) is 0 Å². The third-order valence-corrected chi connectivity index (χ3v) is 7.19. The second-order valence-corrected chi connectivity index (χ2v) is 10.4. The number of hydrogen-bond acceptors (Lipinski definition) is 8. The van der Waals surface area contributed by atoms with E-state index in [1.54, 1.807) is 19.0 Å². The molecule has 0 aliphatic rings. The van der Waals surface area contributed by atoms with Gasteiger partial charge in [0.2, 0.25) is 11.7 Å². The number of nitrogens with two attached hydrogens (primary N) is 1. The summed E-state index contributed by atoms with van der Waals surface area (Å²) in [5, 5.41) is 14.8. The van der Waals surface area contributed by atoms with E-state index < -0.39 is 17.9 Å². The Kier molecular flexibility index (Phi) is 10.2. The van der Waals surface area contributed by atoms with E-state index in [1.165, 1.54) is 0 Å². The number of rotatable bonds is 14. The van der Waals surface area contributed by atoms with E-state index in [2.05, 4.69) is 56.8 Å². The number of carbonyl (C=O) groups excluding carboxylic acids is 2. The number of primary amides is 1. The van der Waals surface area contributed by atoms with Crippen LogP contribution < -0.4 is 5.73 Å². The summed E-state index contributed by atoms with van der Waals surface area (Å²) in [6.45, 7) is 2.60. The second kappa shape index (κ2) is 14.0. The number of unbranched alkanes of at least 4 members (excludes halogenated alkanes) is 1. The fourth-order valence-corrected chi connectivity index (χ4v) is 4.89. The van der Waals surface area contributed by atoms with Crippen LogP contribution >= 0.6 is 11.6 Å². The highest BCUT2D eigenvalue weighted by atomic mass is 35.5. The Morgan fingerprint density at radius 3 is 2.49 bits per heavy atom. The van der Waals surface area contributed by atoms with E-state index in [-0.39, 0.29) is 19.4 Å². The largest absolute Gasteiger partial charge is 0.458 e. The van der Waals surface area contributed by atoms with E-state index in [4.69, 9.17) is 22.1 Å². The van der Waals surface area contributed by atoms with E-state index in [0.29, 0.717) is 23.2 Å². The highest BCUT2D eigenvalue weighted by Crippen LogP contribution is 2.30. The fourth-order valence-electron chi connectivity index (χ4n) is 4.63.